The van der Waals surface area contributed by atoms with Crippen molar-refractivity contribution in [1.29, 1.82) is 0 Å². The van der Waals surface area contributed by atoms with Crippen molar-refractivity contribution in [3.05, 3.63) is 36.8 Å². The van der Waals surface area contributed by atoms with E-state index >= 15 is 0 Å². The zero-order valence-electron chi connectivity index (χ0n) is 11.5. The summed E-state index contributed by atoms with van der Waals surface area (Å²) < 4.78 is 0. The van der Waals surface area contributed by atoms with E-state index in [2.05, 4.69) is 19.9 Å². The Morgan fingerprint density at radius 3 is 2.36 bits per heavy atom. The summed E-state index contributed by atoms with van der Waals surface area (Å²) in [4.78, 5) is 25.9. The van der Waals surface area contributed by atoms with Crippen molar-refractivity contribution in [1.82, 2.24) is 15.0 Å². The molecular formula is C15H17LiN4O2. The van der Waals surface area contributed by atoms with Gasteiger partial charge in [-0.2, -0.15) is 0 Å². The molecule has 0 bridgehead atoms. The fraction of sp³-hybridized carbons (Fsp3) is 0.333. The van der Waals surface area contributed by atoms with Crippen LogP contribution in [0.5, 0.6) is 0 Å². The molecular weight excluding hydrogens is 275 g/mol. The average Bonchev–Trinajstić information content (AvgIpc) is 2.56. The Hall–Kier alpha value is -1.90. The number of aliphatic carboxylic acids is 1. The standard InChI is InChI=1S/C15H16N4O2.Li.H/c20-15(21)11-4-8-19(9-5-11)13-3-2-12(10-18-13)14-16-6-1-7-17-14;;/h1-3,6-7,10-11H,4-5,8-9H2,(H,20,21);;. The Balaban J connectivity index is 0.00000176. The van der Waals surface area contributed by atoms with E-state index in [4.69, 9.17) is 5.11 Å². The van der Waals surface area contributed by atoms with Crippen LogP contribution in [0.1, 0.15) is 12.8 Å². The summed E-state index contributed by atoms with van der Waals surface area (Å²) in [6.45, 7) is 1.45. The molecule has 0 aliphatic carbocycles. The molecule has 3 heterocycles. The summed E-state index contributed by atoms with van der Waals surface area (Å²) in [6, 6.07) is 5.66. The van der Waals surface area contributed by atoms with Crippen molar-refractivity contribution < 1.29 is 9.90 Å². The van der Waals surface area contributed by atoms with Crippen LogP contribution in [0.2, 0.25) is 0 Å². The van der Waals surface area contributed by atoms with Crippen LogP contribution < -0.4 is 4.90 Å². The molecule has 3 rings (SSSR count). The number of aromatic nitrogens is 3. The molecule has 0 spiro atoms. The van der Waals surface area contributed by atoms with Crippen molar-refractivity contribution in [2.45, 2.75) is 12.8 Å². The predicted octanol–water partition coefficient (Wildman–Crippen LogP) is 1.19. The van der Waals surface area contributed by atoms with Crippen LogP contribution in [-0.2, 0) is 4.79 Å². The van der Waals surface area contributed by atoms with E-state index in [1.165, 1.54) is 0 Å². The summed E-state index contributed by atoms with van der Waals surface area (Å²) in [7, 11) is 0. The third-order valence-electron chi connectivity index (χ3n) is 3.74. The first-order valence-electron chi connectivity index (χ1n) is 6.95. The number of carboxylic acids is 1. The Kier molecular flexibility index (Phi) is 5.53. The molecule has 7 heteroatoms. The minimum absolute atomic E-state index is 0. The van der Waals surface area contributed by atoms with Crippen LogP contribution in [0.25, 0.3) is 11.4 Å². The second-order valence-electron chi connectivity index (χ2n) is 5.08. The number of nitrogens with zero attached hydrogens (tertiary/aromatic N) is 4. The number of hydrogen-bond acceptors (Lipinski definition) is 5. The van der Waals surface area contributed by atoms with Gasteiger partial charge in [0.05, 0.1) is 5.92 Å². The molecule has 1 aliphatic heterocycles. The van der Waals surface area contributed by atoms with E-state index < -0.39 is 5.97 Å². The van der Waals surface area contributed by atoms with Gasteiger partial charge in [0, 0.05) is 37.2 Å². The maximum absolute atomic E-state index is 11.0. The zero-order valence-corrected chi connectivity index (χ0v) is 11.5. The van der Waals surface area contributed by atoms with Crippen molar-refractivity contribution in [2.75, 3.05) is 18.0 Å². The molecule has 0 unspecified atom stereocenters. The Morgan fingerprint density at radius 1 is 1.14 bits per heavy atom. The molecule has 0 amide bonds. The van der Waals surface area contributed by atoms with Gasteiger partial charge in [-0.25, -0.2) is 15.0 Å². The summed E-state index contributed by atoms with van der Waals surface area (Å²) in [5, 5.41) is 9.01. The summed E-state index contributed by atoms with van der Waals surface area (Å²) in [5.74, 6) is 0.608. The Bertz CT molecular complexity index is 613. The predicted molar refractivity (Wildman–Crippen MR) is 85.0 cm³/mol. The molecule has 6 nitrogen and oxygen atoms in total. The van der Waals surface area contributed by atoms with Gasteiger partial charge in [-0.3, -0.25) is 4.79 Å². The average molecular weight is 292 g/mol. The third-order valence-corrected chi connectivity index (χ3v) is 3.74. The van der Waals surface area contributed by atoms with Crippen LogP contribution in [-0.4, -0.2) is 58.0 Å². The van der Waals surface area contributed by atoms with Gasteiger partial charge < -0.3 is 10.0 Å². The van der Waals surface area contributed by atoms with E-state index in [0.29, 0.717) is 18.7 Å². The molecule has 0 saturated carbocycles. The fourth-order valence-electron chi connectivity index (χ4n) is 2.51. The topological polar surface area (TPSA) is 79.2 Å². The van der Waals surface area contributed by atoms with Gasteiger partial charge in [0.25, 0.3) is 0 Å². The van der Waals surface area contributed by atoms with E-state index in [1.807, 2.05) is 12.1 Å². The Morgan fingerprint density at radius 2 is 1.82 bits per heavy atom. The maximum atomic E-state index is 11.0. The van der Waals surface area contributed by atoms with E-state index in [0.717, 1.165) is 24.5 Å². The van der Waals surface area contributed by atoms with Gasteiger partial charge in [-0.15, -0.1) is 0 Å². The van der Waals surface area contributed by atoms with E-state index in [9.17, 15) is 4.79 Å². The molecule has 110 valence electrons. The first kappa shape index (κ1) is 16.5. The molecule has 22 heavy (non-hydrogen) atoms. The van der Waals surface area contributed by atoms with Gasteiger partial charge in [0.1, 0.15) is 5.82 Å². The number of rotatable bonds is 3. The summed E-state index contributed by atoms with van der Waals surface area (Å²) >= 11 is 0. The second kappa shape index (κ2) is 7.39. The number of anilines is 1. The summed E-state index contributed by atoms with van der Waals surface area (Å²) in [6.07, 6.45) is 6.49. The van der Waals surface area contributed by atoms with Gasteiger partial charge in [0.2, 0.25) is 0 Å². The molecule has 0 atom stereocenters. The van der Waals surface area contributed by atoms with Crippen molar-refractivity contribution in [3.63, 3.8) is 0 Å². The third kappa shape index (κ3) is 3.64. The van der Waals surface area contributed by atoms with E-state index in [1.54, 1.807) is 24.7 Å². The van der Waals surface area contributed by atoms with Crippen LogP contribution >= 0.6 is 0 Å². The number of carboxylic acid groups (broad SMARTS) is 1. The first-order chi connectivity index (χ1) is 10.2. The van der Waals surface area contributed by atoms with Crippen molar-refractivity contribution >= 4 is 30.6 Å². The zero-order chi connectivity index (χ0) is 14.7. The van der Waals surface area contributed by atoms with Crippen LogP contribution in [0.3, 0.4) is 0 Å². The number of pyridine rings is 1. The molecule has 0 aromatic carbocycles. The van der Waals surface area contributed by atoms with Crippen LogP contribution in [0.4, 0.5) is 5.82 Å². The molecule has 1 aliphatic rings. The number of hydrogen-bond donors (Lipinski definition) is 1. The Labute approximate surface area is 140 Å². The van der Waals surface area contributed by atoms with Crippen LogP contribution in [0, 0.1) is 5.92 Å². The second-order valence-corrected chi connectivity index (χ2v) is 5.08. The molecule has 0 radical (unpaired) electrons. The molecule has 1 saturated heterocycles. The number of piperidine rings is 1. The van der Waals surface area contributed by atoms with Crippen molar-refractivity contribution in [3.8, 4) is 11.4 Å². The fourth-order valence-corrected chi connectivity index (χ4v) is 2.51. The van der Waals surface area contributed by atoms with Gasteiger partial charge in [-0.05, 0) is 31.0 Å². The number of carbonyl (C=O) groups is 1. The van der Waals surface area contributed by atoms with Gasteiger partial charge in [-0.1, -0.05) is 0 Å². The minimum atomic E-state index is -0.695. The van der Waals surface area contributed by atoms with Crippen molar-refractivity contribution in [2.24, 2.45) is 5.92 Å². The molecule has 2 aromatic rings. The monoisotopic (exact) mass is 292 g/mol. The summed E-state index contributed by atoms with van der Waals surface area (Å²) in [5.41, 5.74) is 0.875. The van der Waals surface area contributed by atoms with Gasteiger partial charge >= 0.3 is 24.8 Å². The molecule has 1 fully saturated rings. The first-order valence-corrected chi connectivity index (χ1v) is 6.95. The quantitative estimate of drug-likeness (QED) is 0.856. The van der Waals surface area contributed by atoms with E-state index in [-0.39, 0.29) is 24.8 Å². The van der Waals surface area contributed by atoms with Gasteiger partial charge in [0.15, 0.2) is 5.82 Å². The SMILES string of the molecule is O=C(O)C1CCN(c2ccc(-c3ncccn3)cn2)CC1.[LiH]. The molecule has 1 N–H and O–H groups in total. The van der Waals surface area contributed by atoms with Crippen LogP contribution in [0.15, 0.2) is 36.8 Å². The molecule has 2 aromatic heterocycles. The normalized spacial score (nSPS) is 15.2.